The zero-order valence-corrected chi connectivity index (χ0v) is 14.3. The standard InChI is InChI=1S/C16H23BrO3/c1-10(18)12-7-6-11(17)8-13(12)19-14-9-15(2,3)20-16(14,4)5/h6-8,10,14,18H,9H2,1-5H3. The van der Waals surface area contributed by atoms with Crippen molar-refractivity contribution >= 4 is 15.9 Å². The van der Waals surface area contributed by atoms with Crippen LogP contribution in [0.15, 0.2) is 22.7 Å². The summed E-state index contributed by atoms with van der Waals surface area (Å²) >= 11 is 3.45. The van der Waals surface area contributed by atoms with Crippen LogP contribution in [0.4, 0.5) is 0 Å². The summed E-state index contributed by atoms with van der Waals surface area (Å²) in [6.07, 6.45) is 0.229. The van der Waals surface area contributed by atoms with Gasteiger partial charge in [-0.1, -0.05) is 22.0 Å². The number of hydrogen-bond donors (Lipinski definition) is 1. The number of ether oxygens (including phenoxy) is 2. The summed E-state index contributed by atoms with van der Waals surface area (Å²) in [5, 5.41) is 9.88. The zero-order chi connectivity index (χ0) is 15.1. The van der Waals surface area contributed by atoms with E-state index in [0.29, 0.717) is 5.75 Å². The Kier molecular flexibility index (Phi) is 4.20. The normalized spacial score (nSPS) is 25.4. The lowest BCUT2D eigenvalue weighted by Crippen LogP contribution is -2.37. The number of rotatable bonds is 3. The minimum absolute atomic E-state index is 0.0377. The van der Waals surface area contributed by atoms with Crippen LogP contribution in [0.25, 0.3) is 0 Å². The Balaban J connectivity index is 2.28. The molecule has 1 saturated heterocycles. The average molecular weight is 343 g/mol. The lowest BCUT2D eigenvalue weighted by molar-refractivity contribution is -0.0848. The second kappa shape index (κ2) is 5.32. The number of benzene rings is 1. The molecule has 1 aliphatic heterocycles. The predicted molar refractivity (Wildman–Crippen MR) is 83.1 cm³/mol. The van der Waals surface area contributed by atoms with Gasteiger partial charge in [-0.2, -0.15) is 0 Å². The molecule has 0 radical (unpaired) electrons. The minimum atomic E-state index is -0.559. The summed E-state index contributed by atoms with van der Waals surface area (Å²) in [7, 11) is 0. The van der Waals surface area contributed by atoms with Crippen molar-refractivity contribution in [2.75, 3.05) is 0 Å². The van der Waals surface area contributed by atoms with Crippen LogP contribution < -0.4 is 4.74 Å². The first-order chi connectivity index (χ1) is 9.11. The van der Waals surface area contributed by atoms with Crippen LogP contribution in [0.3, 0.4) is 0 Å². The van der Waals surface area contributed by atoms with Gasteiger partial charge >= 0.3 is 0 Å². The third kappa shape index (κ3) is 3.35. The molecule has 4 heteroatoms. The van der Waals surface area contributed by atoms with Crippen LogP contribution in [0.2, 0.25) is 0 Å². The molecule has 1 fully saturated rings. The van der Waals surface area contributed by atoms with Crippen molar-refractivity contribution in [1.82, 2.24) is 0 Å². The van der Waals surface area contributed by atoms with Gasteiger partial charge < -0.3 is 14.6 Å². The maximum Gasteiger partial charge on any atom is 0.130 e. The highest BCUT2D eigenvalue weighted by molar-refractivity contribution is 9.10. The van der Waals surface area contributed by atoms with E-state index < -0.39 is 6.10 Å². The van der Waals surface area contributed by atoms with Crippen LogP contribution in [0, 0.1) is 0 Å². The molecule has 20 heavy (non-hydrogen) atoms. The smallest absolute Gasteiger partial charge is 0.130 e. The van der Waals surface area contributed by atoms with Gasteiger partial charge in [0.25, 0.3) is 0 Å². The lowest BCUT2D eigenvalue weighted by Gasteiger charge is -2.28. The van der Waals surface area contributed by atoms with Gasteiger partial charge in [-0.15, -0.1) is 0 Å². The van der Waals surface area contributed by atoms with E-state index >= 15 is 0 Å². The molecule has 1 aromatic rings. The molecule has 1 aliphatic rings. The Hall–Kier alpha value is -0.580. The molecule has 0 saturated carbocycles. The Labute approximate surface area is 129 Å². The topological polar surface area (TPSA) is 38.7 Å². The van der Waals surface area contributed by atoms with E-state index in [4.69, 9.17) is 9.47 Å². The molecule has 0 amide bonds. The van der Waals surface area contributed by atoms with E-state index in [-0.39, 0.29) is 17.3 Å². The lowest BCUT2D eigenvalue weighted by atomic mass is 9.97. The average Bonchev–Trinajstić information content (AvgIpc) is 2.46. The van der Waals surface area contributed by atoms with Crippen LogP contribution in [0.1, 0.15) is 52.7 Å². The fourth-order valence-corrected chi connectivity index (χ4v) is 3.14. The Bertz CT molecular complexity index is 494. The summed E-state index contributed by atoms with van der Waals surface area (Å²) in [6, 6.07) is 5.70. The maximum atomic E-state index is 9.88. The quantitative estimate of drug-likeness (QED) is 0.893. The molecule has 112 valence electrons. The van der Waals surface area contributed by atoms with Crippen LogP contribution >= 0.6 is 15.9 Å². The molecule has 3 nitrogen and oxygen atoms in total. The Morgan fingerprint density at radius 3 is 2.50 bits per heavy atom. The van der Waals surface area contributed by atoms with Crippen molar-refractivity contribution in [1.29, 1.82) is 0 Å². The molecule has 2 rings (SSSR count). The van der Waals surface area contributed by atoms with Crippen molar-refractivity contribution in [3.63, 3.8) is 0 Å². The highest BCUT2D eigenvalue weighted by Crippen LogP contribution is 2.41. The molecule has 0 aromatic heterocycles. The molecule has 0 bridgehead atoms. The van der Waals surface area contributed by atoms with Crippen molar-refractivity contribution in [2.24, 2.45) is 0 Å². The van der Waals surface area contributed by atoms with Crippen LogP contribution in [0.5, 0.6) is 5.75 Å². The molecule has 0 aliphatic carbocycles. The maximum absolute atomic E-state index is 9.88. The monoisotopic (exact) mass is 342 g/mol. The van der Waals surface area contributed by atoms with Gasteiger partial charge in [0.05, 0.1) is 11.7 Å². The Morgan fingerprint density at radius 2 is 2.00 bits per heavy atom. The third-order valence-corrected chi connectivity index (χ3v) is 4.18. The first-order valence-corrected chi connectivity index (χ1v) is 7.74. The van der Waals surface area contributed by atoms with E-state index in [1.165, 1.54) is 0 Å². The first-order valence-electron chi connectivity index (χ1n) is 6.95. The molecule has 2 unspecified atom stereocenters. The van der Waals surface area contributed by atoms with Gasteiger partial charge in [0.15, 0.2) is 0 Å². The summed E-state index contributed by atoms with van der Waals surface area (Å²) in [6.45, 7) is 10.00. The van der Waals surface area contributed by atoms with E-state index in [1.807, 2.05) is 32.0 Å². The number of hydrogen-bond acceptors (Lipinski definition) is 3. The largest absolute Gasteiger partial charge is 0.487 e. The van der Waals surface area contributed by atoms with Gasteiger partial charge in [-0.3, -0.25) is 0 Å². The molecule has 2 atom stereocenters. The summed E-state index contributed by atoms with van der Waals surface area (Å²) < 4.78 is 13.2. The van der Waals surface area contributed by atoms with Crippen molar-refractivity contribution in [3.8, 4) is 5.75 Å². The molecule has 1 heterocycles. The van der Waals surface area contributed by atoms with Crippen LogP contribution in [-0.4, -0.2) is 22.4 Å². The molecular weight excluding hydrogens is 320 g/mol. The summed E-state index contributed by atoms with van der Waals surface area (Å²) in [5.41, 5.74) is 0.265. The second-order valence-electron chi connectivity index (χ2n) is 6.63. The highest BCUT2D eigenvalue weighted by atomic mass is 79.9. The van der Waals surface area contributed by atoms with Gasteiger partial charge in [-0.25, -0.2) is 0 Å². The van der Waals surface area contributed by atoms with Gasteiger partial charge in [-0.05, 0) is 46.8 Å². The molecule has 0 spiro atoms. The predicted octanol–water partition coefficient (Wildman–Crippen LogP) is 4.23. The van der Waals surface area contributed by atoms with Gasteiger partial charge in [0, 0.05) is 16.5 Å². The zero-order valence-electron chi connectivity index (χ0n) is 12.7. The van der Waals surface area contributed by atoms with E-state index in [9.17, 15) is 5.11 Å². The summed E-state index contributed by atoms with van der Waals surface area (Å²) in [4.78, 5) is 0. The van der Waals surface area contributed by atoms with E-state index in [2.05, 4.69) is 29.8 Å². The number of halogens is 1. The highest BCUT2D eigenvalue weighted by Gasteiger charge is 2.47. The Morgan fingerprint density at radius 1 is 1.35 bits per heavy atom. The van der Waals surface area contributed by atoms with Gasteiger partial charge in [0.2, 0.25) is 0 Å². The van der Waals surface area contributed by atoms with Crippen molar-refractivity contribution in [2.45, 2.75) is 64.4 Å². The SMILES string of the molecule is CC(O)c1ccc(Br)cc1OC1CC(C)(C)OC1(C)C. The molecule has 1 aromatic carbocycles. The summed E-state index contributed by atoms with van der Waals surface area (Å²) in [5.74, 6) is 0.716. The van der Waals surface area contributed by atoms with E-state index in [0.717, 1.165) is 16.5 Å². The van der Waals surface area contributed by atoms with Crippen molar-refractivity contribution < 1.29 is 14.6 Å². The fraction of sp³-hybridized carbons (Fsp3) is 0.625. The fourth-order valence-electron chi connectivity index (χ4n) is 2.80. The third-order valence-electron chi connectivity index (χ3n) is 3.69. The first kappa shape index (κ1) is 15.8. The van der Waals surface area contributed by atoms with Gasteiger partial charge in [0.1, 0.15) is 17.5 Å². The number of aliphatic hydroxyl groups is 1. The minimum Gasteiger partial charge on any atom is -0.487 e. The van der Waals surface area contributed by atoms with Crippen molar-refractivity contribution in [3.05, 3.63) is 28.2 Å². The second-order valence-corrected chi connectivity index (χ2v) is 7.55. The molecule has 1 N–H and O–H groups in total. The number of aliphatic hydroxyl groups excluding tert-OH is 1. The van der Waals surface area contributed by atoms with Crippen LogP contribution in [-0.2, 0) is 4.74 Å². The molecular formula is C16H23BrO3. The van der Waals surface area contributed by atoms with E-state index in [1.54, 1.807) is 6.92 Å².